The lowest BCUT2D eigenvalue weighted by Gasteiger charge is -2.11. The van der Waals surface area contributed by atoms with Gasteiger partial charge in [0, 0.05) is 24.6 Å². The predicted octanol–water partition coefficient (Wildman–Crippen LogP) is 4.41. The van der Waals surface area contributed by atoms with Crippen LogP contribution in [0.2, 0.25) is 0 Å². The van der Waals surface area contributed by atoms with Gasteiger partial charge in [-0.25, -0.2) is 9.50 Å². The van der Waals surface area contributed by atoms with Crippen LogP contribution in [0.4, 0.5) is 5.69 Å². The predicted molar refractivity (Wildman–Crippen MR) is 113 cm³/mol. The molecule has 2 aromatic carbocycles. The van der Waals surface area contributed by atoms with Crippen molar-refractivity contribution in [3.05, 3.63) is 83.3 Å². The molecule has 6 nitrogen and oxygen atoms in total. The third-order valence-corrected chi connectivity index (χ3v) is 4.82. The molecule has 4 rings (SSSR count). The molecule has 29 heavy (non-hydrogen) atoms. The highest BCUT2D eigenvalue weighted by Crippen LogP contribution is 2.28. The van der Waals surface area contributed by atoms with Crippen molar-refractivity contribution in [1.29, 1.82) is 0 Å². The average molecular weight is 386 g/mol. The van der Waals surface area contributed by atoms with E-state index in [1.165, 1.54) is 0 Å². The SMILES string of the molecule is COCc1c(C(=O)Nc2ccc(C)cc2)cnc2c(-c3ccccc3)c(C)nn12. The first-order valence-corrected chi connectivity index (χ1v) is 9.38. The van der Waals surface area contributed by atoms with E-state index in [4.69, 9.17) is 4.74 Å². The lowest BCUT2D eigenvalue weighted by molar-refractivity contribution is 0.102. The van der Waals surface area contributed by atoms with Crippen LogP contribution in [-0.4, -0.2) is 27.6 Å². The lowest BCUT2D eigenvalue weighted by Crippen LogP contribution is -2.18. The van der Waals surface area contributed by atoms with Gasteiger partial charge < -0.3 is 10.1 Å². The lowest BCUT2D eigenvalue weighted by atomic mass is 10.1. The van der Waals surface area contributed by atoms with E-state index in [9.17, 15) is 4.79 Å². The normalized spacial score (nSPS) is 11.0. The number of carbonyl (C=O) groups excluding carboxylic acids is 1. The summed E-state index contributed by atoms with van der Waals surface area (Å²) < 4.78 is 7.09. The molecule has 0 bridgehead atoms. The van der Waals surface area contributed by atoms with Gasteiger partial charge >= 0.3 is 0 Å². The molecule has 1 N–H and O–H groups in total. The number of anilines is 1. The first-order chi connectivity index (χ1) is 14.1. The molecule has 0 saturated carbocycles. The molecule has 0 aliphatic rings. The number of ether oxygens (including phenoxy) is 1. The zero-order valence-electron chi connectivity index (χ0n) is 16.6. The Labute approximate surface area is 169 Å². The topological polar surface area (TPSA) is 68.5 Å². The summed E-state index contributed by atoms with van der Waals surface area (Å²) >= 11 is 0. The van der Waals surface area contributed by atoms with E-state index in [-0.39, 0.29) is 12.5 Å². The molecule has 6 heteroatoms. The fourth-order valence-corrected chi connectivity index (χ4v) is 3.38. The minimum atomic E-state index is -0.246. The first-order valence-electron chi connectivity index (χ1n) is 9.38. The van der Waals surface area contributed by atoms with Gasteiger partial charge in [0.15, 0.2) is 5.65 Å². The van der Waals surface area contributed by atoms with Gasteiger partial charge in [-0.15, -0.1) is 0 Å². The molecular formula is C23H22N4O2. The Hall–Kier alpha value is -3.51. The minimum Gasteiger partial charge on any atom is -0.378 e. The van der Waals surface area contributed by atoms with Crippen LogP contribution in [0.25, 0.3) is 16.8 Å². The second-order valence-electron chi connectivity index (χ2n) is 6.93. The summed E-state index contributed by atoms with van der Waals surface area (Å²) in [5.74, 6) is -0.246. The van der Waals surface area contributed by atoms with Crippen molar-refractivity contribution in [1.82, 2.24) is 14.6 Å². The van der Waals surface area contributed by atoms with Gasteiger partial charge in [-0.2, -0.15) is 5.10 Å². The summed E-state index contributed by atoms with van der Waals surface area (Å²) in [5.41, 5.74) is 6.48. The standard InChI is InChI=1S/C23H22N4O2/c1-15-9-11-18(12-10-15)25-23(28)19-13-24-22-21(17-7-5-4-6-8-17)16(2)26-27(22)20(19)14-29-3/h4-13H,14H2,1-3H3,(H,25,28). The fourth-order valence-electron chi connectivity index (χ4n) is 3.38. The van der Waals surface area contributed by atoms with Crippen molar-refractivity contribution in [2.45, 2.75) is 20.5 Å². The maximum atomic E-state index is 13.0. The van der Waals surface area contributed by atoms with Crippen molar-refractivity contribution < 1.29 is 9.53 Å². The second kappa shape index (κ2) is 7.85. The van der Waals surface area contributed by atoms with E-state index < -0.39 is 0 Å². The zero-order valence-corrected chi connectivity index (χ0v) is 16.6. The third-order valence-electron chi connectivity index (χ3n) is 4.82. The molecular weight excluding hydrogens is 364 g/mol. The highest BCUT2D eigenvalue weighted by Gasteiger charge is 2.21. The van der Waals surface area contributed by atoms with Crippen LogP contribution in [-0.2, 0) is 11.3 Å². The molecule has 0 saturated heterocycles. The minimum absolute atomic E-state index is 0.241. The van der Waals surface area contributed by atoms with Gasteiger partial charge in [-0.1, -0.05) is 48.0 Å². The maximum Gasteiger partial charge on any atom is 0.259 e. The number of methoxy groups -OCH3 is 1. The number of hydrogen-bond acceptors (Lipinski definition) is 4. The van der Waals surface area contributed by atoms with Crippen LogP contribution in [0, 0.1) is 13.8 Å². The molecule has 4 aromatic rings. The molecule has 0 atom stereocenters. The highest BCUT2D eigenvalue weighted by atomic mass is 16.5. The van der Waals surface area contributed by atoms with E-state index in [1.54, 1.807) is 17.8 Å². The Morgan fingerprint density at radius 2 is 1.79 bits per heavy atom. The number of nitrogens with one attached hydrogen (secondary N) is 1. The number of hydrogen-bond donors (Lipinski definition) is 1. The second-order valence-corrected chi connectivity index (χ2v) is 6.93. The summed E-state index contributed by atoms with van der Waals surface area (Å²) in [5, 5.41) is 7.59. The van der Waals surface area contributed by atoms with Crippen molar-refractivity contribution in [2.75, 3.05) is 12.4 Å². The third kappa shape index (κ3) is 3.62. The monoisotopic (exact) mass is 386 g/mol. The van der Waals surface area contributed by atoms with Crippen molar-refractivity contribution >= 4 is 17.2 Å². The number of nitrogens with zero attached hydrogens (tertiary/aromatic N) is 3. The van der Waals surface area contributed by atoms with Crippen LogP contribution >= 0.6 is 0 Å². The van der Waals surface area contributed by atoms with E-state index in [0.717, 1.165) is 28.1 Å². The molecule has 0 radical (unpaired) electrons. The summed E-state index contributed by atoms with van der Waals surface area (Å²) in [6.45, 7) is 4.19. The molecule has 2 aromatic heterocycles. The van der Waals surface area contributed by atoms with E-state index in [0.29, 0.717) is 16.9 Å². The van der Waals surface area contributed by atoms with E-state index in [2.05, 4.69) is 15.4 Å². The van der Waals surface area contributed by atoms with Gasteiger partial charge in [-0.3, -0.25) is 4.79 Å². The van der Waals surface area contributed by atoms with Crippen molar-refractivity contribution in [3.63, 3.8) is 0 Å². The maximum absolute atomic E-state index is 13.0. The number of benzene rings is 2. The molecule has 2 heterocycles. The van der Waals surface area contributed by atoms with Gasteiger partial charge in [0.1, 0.15) is 0 Å². The quantitative estimate of drug-likeness (QED) is 0.552. The summed E-state index contributed by atoms with van der Waals surface area (Å²) in [6, 6.07) is 17.7. The van der Waals surface area contributed by atoms with Crippen molar-refractivity contribution in [2.24, 2.45) is 0 Å². The Morgan fingerprint density at radius 1 is 1.07 bits per heavy atom. The van der Waals surface area contributed by atoms with Crippen LogP contribution in [0.15, 0.2) is 60.8 Å². The first kappa shape index (κ1) is 18.8. The molecule has 0 spiro atoms. The van der Waals surface area contributed by atoms with Crippen LogP contribution in [0.5, 0.6) is 0 Å². The van der Waals surface area contributed by atoms with Crippen LogP contribution in [0.1, 0.15) is 27.3 Å². The summed E-state index contributed by atoms with van der Waals surface area (Å²) in [4.78, 5) is 17.5. The molecule has 0 aliphatic heterocycles. The number of amides is 1. The fraction of sp³-hybridized carbons (Fsp3) is 0.174. The average Bonchev–Trinajstić information content (AvgIpc) is 3.07. The van der Waals surface area contributed by atoms with E-state index >= 15 is 0 Å². The molecule has 1 amide bonds. The Balaban J connectivity index is 1.80. The zero-order chi connectivity index (χ0) is 20.4. The molecule has 0 unspecified atom stereocenters. The Bertz CT molecular complexity index is 1170. The highest BCUT2D eigenvalue weighted by molar-refractivity contribution is 6.05. The van der Waals surface area contributed by atoms with Crippen LogP contribution < -0.4 is 5.32 Å². The summed E-state index contributed by atoms with van der Waals surface area (Å²) in [6.07, 6.45) is 1.60. The number of aromatic nitrogens is 3. The molecule has 0 fully saturated rings. The van der Waals surface area contributed by atoms with Gasteiger partial charge in [0.25, 0.3) is 5.91 Å². The van der Waals surface area contributed by atoms with E-state index in [1.807, 2.05) is 68.4 Å². The Kier molecular flexibility index (Phi) is 5.10. The Morgan fingerprint density at radius 3 is 2.48 bits per heavy atom. The summed E-state index contributed by atoms with van der Waals surface area (Å²) in [7, 11) is 1.60. The molecule has 146 valence electrons. The van der Waals surface area contributed by atoms with Gasteiger partial charge in [0.2, 0.25) is 0 Å². The number of carbonyl (C=O) groups is 1. The number of aryl methyl sites for hydroxylation is 2. The smallest absolute Gasteiger partial charge is 0.259 e. The number of fused-ring (bicyclic) bond motifs is 1. The molecule has 0 aliphatic carbocycles. The van der Waals surface area contributed by atoms with Gasteiger partial charge in [-0.05, 0) is 31.5 Å². The van der Waals surface area contributed by atoms with Crippen LogP contribution in [0.3, 0.4) is 0 Å². The largest absolute Gasteiger partial charge is 0.378 e. The number of rotatable bonds is 5. The van der Waals surface area contributed by atoms with Crippen molar-refractivity contribution in [3.8, 4) is 11.1 Å². The van der Waals surface area contributed by atoms with Gasteiger partial charge in [0.05, 0.1) is 23.6 Å².